The molecule has 1 aliphatic rings. The Morgan fingerprint density at radius 1 is 1.00 bits per heavy atom. The third-order valence-electron chi connectivity index (χ3n) is 5.83. The quantitative estimate of drug-likeness (QED) is 0.466. The summed E-state index contributed by atoms with van der Waals surface area (Å²) >= 11 is 0. The number of aromatic nitrogens is 2. The van der Waals surface area contributed by atoms with Crippen LogP contribution in [0.5, 0.6) is 0 Å². The normalized spacial score (nSPS) is 15.8. The first-order valence-electron chi connectivity index (χ1n) is 9.57. The van der Waals surface area contributed by atoms with Gasteiger partial charge in [0.1, 0.15) is 11.8 Å². The number of carbonyl (C=O) groups is 1. The van der Waals surface area contributed by atoms with E-state index in [0.717, 1.165) is 59.0 Å². The van der Waals surface area contributed by atoms with Crippen molar-refractivity contribution in [3.8, 4) is 0 Å². The van der Waals surface area contributed by atoms with Gasteiger partial charge in [-0.1, -0.05) is 18.2 Å². The Morgan fingerprint density at radius 2 is 1.78 bits per heavy atom. The van der Waals surface area contributed by atoms with Crippen LogP contribution in [-0.2, 0) is 4.74 Å². The number of benzene rings is 2. The number of hydrogen-bond donors (Lipinski definition) is 3. The van der Waals surface area contributed by atoms with Gasteiger partial charge in [0.05, 0.1) is 5.52 Å². The lowest BCUT2D eigenvalue weighted by Gasteiger charge is -2.22. The van der Waals surface area contributed by atoms with Crippen LogP contribution in [0.25, 0.3) is 32.7 Å². The van der Waals surface area contributed by atoms with Crippen LogP contribution in [0.1, 0.15) is 34.5 Å². The number of fused-ring (bicyclic) bond motifs is 4. The number of para-hydroxylation sites is 1. The maximum atomic E-state index is 12.8. The number of ether oxygens (including phenoxy) is 1. The van der Waals surface area contributed by atoms with Crippen LogP contribution in [0.3, 0.4) is 0 Å². The molecule has 0 spiro atoms. The third kappa shape index (κ3) is 2.53. The minimum atomic E-state index is -0.247. The Kier molecular flexibility index (Phi) is 3.72. The van der Waals surface area contributed by atoms with E-state index in [-0.39, 0.29) is 12.1 Å². The topological polar surface area (TPSA) is 69.9 Å². The molecule has 5 nitrogen and oxygen atoms in total. The molecule has 1 fully saturated rings. The number of carbonyl (C=O) groups excluding carboxylic acids is 1. The third-order valence-corrected chi connectivity index (χ3v) is 5.83. The Labute approximate surface area is 157 Å². The van der Waals surface area contributed by atoms with Crippen LogP contribution in [0.4, 0.5) is 0 Å². The molecule has 138 valence electrons. The molecule has 5 heteroatoms. The summed E-state index contributed by atoms with van der Waals surface area (Å²) in [6.45, 7) is 5.92. The molecule has 2 aromatic heterocycles. The second-order valence-electron chi connectivity index (χ2n) is 7.50. The number of H-pyrrole nitrogens is 2. The van der Waals surface area contributed by atoms with Gasteiger partial charge in [0.15, 0.2) is 0 Å². The monoisotopic (exact) mass is 361 g/mol. The SMILES string of the molecule is Cc1c(C(=O)OC2CCNCC2)[nH]c2cc3c([nH]c4ccccc43)c(C)c12. The first kappa shape index (κ1) is 16.4. The fourth-order valence-electron chi connectivity index (χ4n) is 4.42. The van der Waals surface area contributed by atoms with Crippen molar-refractivity contribution in [3.63, 3.8) is 0 Å². The molecule has 1 aliphatic heterocycles. The second-order valence-corrected chi connectivity index (χ2v) is 7.50. The van der Waals surface area contributed by atoms with E-state index in [1.165, 1.54) is 10.8 Å². The summed E-state index contributed by atoms with van der Waals surface area (Å²) in [6, 6.07) is 10.5. The van der Waals surface area contributed by atoms with Crippen LogP contribution in [0.2, 0.25) is 0 Å². The molecular formula is C22H23N3O2. The Bertz CT molecular complexity index is 1180. The minimum Gasteiger partial charge on any atom is -0.458 e. The van der Waals surface area contributed by atoms with Gasteiger partial charge in [-0.15, -0.1) is 0 Å². The average molecular weight is 361 g/mol. The Balaban J connectivity index is 1.62. The fourth-order valence-corrected chi connectivity index (χ4v) is 4.42. The van der Waals surface area contributed by atoms with Crippen LogP contribution in [-0.4, -0.2) is 35.1 Å². The van der Waals surface area contributed by atoms with Crippen molar-refractivity contribution in [1.29, 1.82) is 0 Å². The molecule has 0 aliphatic carbocycles. The molecule has 1 saturated heterocycles. The molecule has 3 N–H and O–H groups in total. The highest BCUT2D eigenvalue weighted by atomic mass is 16.5. The van der Waals surface area contributed by atoms with Crippen LogP contribution in [0, 0.1) is 13.8 Å². The van der Waals surface area contributed by atoms with Crippen molar-refractivity contribution in [1.82, 2.24) is 15.3 Å². The van der Waals surface area contributed by atoms with E-state index in [0.29, 0.717) is 5.69 Å². The smallest absolute Gasteiger partial charge is 0.355 e. The van der Waals surface area contributed by atoms with Crippen molar-refractivity contribution >= 4 is 38.7 Å². The number of rotatable bonds is 2. The zero-order valence-electron chi connectivity index (χ0n) is 15.6. The standard InChI is InChI=1S/C22H23N3O2/c1-12-19-13(2)21(22(26)27-14-7-9-23-10-8-14)25-18(19)11-16-15-5-3-4-6-17(15)24-20(12)16/h3-6,11,14,23-25H,7-10H2,1-2H3. The van der Waals surface area contributed by atoms with Crippen LogP contribution >= 0.6 is 0 Å². The zero-order chi connectivity index (χ0) is 18.5. The molecule has 5 rings (SSSR count). The average Bonchev–Trinajstić information content (AvgIpc) is 3.22. The first-order chi connectivity index (χ1) is 13.1. The zero-order valence-corrected chi connectivity index (χ0v) is 15.6. The molecule has 27 heavy (non-hydrogen) atoms. The van der Waals surface area contributed by atoms with E-state index in [9.17, 15) is 4.79 Å². The molecule has 2 aromatic carbocycles. The molecule has 3 heterocycles. The van der Waals surface area contributed by atoms with Gasteiger partial charge in [0, 0.05) is 27.2 Å². The highest BCUT2D eigenvalue weighted by Crippen LogP contribution is 2.35. The number of aromatic amines is 2. The highest BCUT2D eigenvalue weighted by Gasteiger charge is 2.23. The summed E-state index contributed by atoms with van der Waals surface area (Å²) in [7, 11) is 0. The summed E-state index contributed by atoms with van der Waals surface area (Å²) in [5.41, 5.74) is 5.94. The molecule has 0 unspecified atom stereocenters. The van der Waals surface area contributed by atoms with E-state index in [4.69, 9.17) is 4.74 Å². The maximum absolute atomic E-state index is 12.8. The van der Waals surface area contributed by atoms with E-state index in [1.807, 2.05) is 13.0 Å². The van der Waals surface area contributed by atoms with Crippen molar-refractivity contribution in [3.05, 3.63) is 47.2 Å². The predicted molar refractivity (Wildman–Crippen MR) is 108 cm³/mol. The maximum Gasteiger partial charge on any atom is 0.355 e. The van der Waals surface area contributed by atoms with Gasteiger partial charge in [-0.2, -0.15) is 0 Å². The van der Waals surface area contributed by atoms with Gasteiger partial charge in [-0.25, -0.2) is 4.79 Å². The summed E-state index contributed by atoms with van der Waals surface area (Å²) < 4.78 is 5.76. The lowest BCUT2D eigenvalue weighted by molar-refractivity contribution is 0.0223. The van der Waals surface area contributed by atoms with Crippen molar-refractivity contribution in [2.24, 2.45) is 0 Å². The number of piperidine rings is 1. The lowest BCUT2D eigenvalue weighted by atomic mass is 10.0. The lowest BCUT2D eigenvalue weighted by Crippen LogP contribution is -2.33. The Hall–Kier alpha value is -2.79. The fraction of sp³-hybridized carbons (Fsp3) is 0.318. The summed E-state index contributed by atoms with van der Waals surface area (Å²) in [5, 5.41) is 6.77. The highest BCUT2D eigenvalue weighted by molar-refractivity contribution is 6.15. The number of esters is 1. The largest absolute Gasteiger partial charge is 0.458 e. The minimum absolute atomic E-state index is 0.00390. The van der Waals surface area contributed by atoms with Gasteiger partial charge >= 0.3 is 5.97 Å². The van der Waals surface area contributed by atoms with Crippen LogP contribution in [0.15, 0.2) is 30.3 Å². The molecule has 0 atom stereocenters. The molecule has 0 radical (unpaired) electrons. The van der Waals surface area contributed by atoms with Gasteiger partial charge < -0.3 is 20.0 Å². The van der Waals surface area contributed by atoms with E-state index in [2.05, 4.69) is 46.5 Å². The van der Waals surface area contributed by atoms with Crippen molar-refractivity contribution in [2.75, 3.05) is 13.1 Å². The second kappa shape index (κ2) is 6.13. The van der Waals surface area contributed by atoms with Gasteiger partial charge in [-0.05, 0) is 63.0 Å². The van der Waals surface area contributed by atoms with Gasteiger partial charge in [0.2, 0.25) is 0 Å². The van der Waals surface area contributed by atoms with Crippen LogP contribution < -0.4 is 5.32 Å². The van der Waals surface area contributed by atoms with E-state index in [1.54, 1.807) is 0 Å². The molecule has 0 saturated carbocycles. The summed E-state index contributed by atoms with van der Waals surface area (Å²) in [5.74, 6) is -0.247. The predicted octanol–water partition coefficient (Wildman–Crippen LogP) is 4.33. The van der Waals surface area contributed by atoms with E-state index >= 15 is 0 Å². The summed E-state index contributed by atoms with van der Waals surface area (Å²) in [4.78, 5) is 19.6. The van der Waals surface area contributed by atoms with Crippen molar-refractivity contribution in [2.45, 2.75) is 32.8 Å². The van der Waals surface area contributed by atoms with Crippen molar-refractivity contribution < 1.29 is 9.53 Å². The van der Waals surface area contributed by atoms with Gasteiger partial charge in [0.25, 0.3) is 0 Å². The number of aryl methyl sites for hydroxylation is 2. The van der Waals surface area contributed by atoms with Gasteiger partial charge in [-0.3, -0.25) is 0 Å². The molecule has 4 aromatic rings. The molecular weight excluding hydrogens is 338 g/mol. The number of hydrogen-bond acceptors (Lipinski definition) is 3. The summed E-state index contributed by atoms with van der Waals surface area (Å²) in [6.07, 6.45) is 1.75. The first-order valence-corrected chi connectivity index (χ1v) is 9.57. The van der Waals surface area contributed by atoms with E-state index < -0.39 is 0 Å². The number of nitrogens with one attached hydrogen (secondary N) is 3. The Morgan fingerprint density at radius 3 is 2.59 bits per heavy atom. The molecule has 0 amide bonds. The molecule has 0 bridgehead atoms.